The molecule has 0 heterocycles. The molecule has 0 aliphatic heterocycles. The maximum Gasteiger partial charge on any atom is 0.243 e. The van der Waals surface area contributed by atoms with E-state index in [2.05, 4.69) is 0 Å². The van der Waals surface area contributed by atoms with Crippen LogP contribution < -0.4 is 5.73 Å². The van der Waals surface area contributed by atoms with Crippen molar-refractivity contribution in [2.24, 2.45) is 0 Å². The lowest BCUT2D eigenvalue weighted by molar-refractivity contribution is 0.236. The molecule has 7 heteroatoms. The lowest BCUT2D eigenvalue weighted by Crippen LogP contribution is -2.38. The monoisotopic (exact) mass is 292 g/mol. The van der Waals surface area contributed by atoms with Gasteiger partial charge in [-0.1, -0.05) is 11.6 Å². The summed E-state index contributed by atoms with van der Waals surface area (Å²) in [5.74, 6) is 0. The number of anilines is 1. The summed E-state index contributed by atoms with van der Waals surface area (Å²) in [6.07, 6.45) is 0. The van der Waals surface area contributed by atoms with Crippen LogP contribution in [0.1, 0.15) is 13.8 Å². The first-order valence-corrected chi connectivity index (χ1v) is 7.30. The second-order valence-electron chi connectivity index (χ2n) is 4.12. The molecule has 0 radical (unpaired) electrons. The zero-order valence-electron chi connectivity index (χ0n) is 10.3. The van der Waals surface area contributed by atoms with Crippen LogP contribution in [0.5, 0.6) is 0 Å². The predicted molar refractivity (Wildman–Crippen MR) is 72.0 cm³/mol. The minimum absolute atomic E-state index is 0.0442. The van der Waals surface area contributed by atoms with Crippen molar-refractivity contribution in [2.75, 3.05) is 18.9 Å². The highest BCUT2D eigenvalue weighted by atomic mass is 35.5. The van der Waals surface area contributed by atoms with Crippen LogP contribution in [0.2, 0.25) is 5.02 Å². The fourth-order valence-corrected chi connectivity index (χ4v) is 3.35. The molecule has 0 atom stereocenters. The van der Waals surface area contributed by atoms with Crippen molar-refractivity contribution < 1.29 is 13.5 Å². The molecule has 0 spiro atoms. The fourth-order valence-electron chi connectivity index (χ4n) is 1.57. The first-order chi connectivity index (χ1) is 8.30. The standard InChI is InChI=1S/C11H17ClN2O3S/c1-8(2)14(5-6-15)18(16,17)9-3-4-10(12)11(13)7-9/h3-4,7-8,15H,5-6,13H2,1-2H3. The van der Waals surface area contributed by atoms with Crippen molar-refractivity contribution >= 4 is 27.3 Å². The number of benzene rings is 1. The molecule has 3 N–H and O–H groups in total. The third-order valence-corrected chi connectivity index (χ3v) is 4.89. The molecule has 0 aromatic heterocycles. The first-order valence-electron chi connectivity index (χ1n) is 5.48. The summed E-state index contributed by atoms with van der Waals surface area (Å²) in [5.41, 5.74) is 5.82. The van der Waals surface area contributed by atoms with E-state index in [1.807, 2.05) is 0 Å². The molecule has 0 aliphatic carbocycles. The van der Waals surface area contributed by atoms with Crippen molar-refractivity contribution in [1.82, 2.24) is 4.31 Å². The van der Waals surface area contributed by atoms with Crippen molar-refractivity contribution in [3.8, 4) is 0 Å². The molecule has 102 valence electrons. The van der Waals surface area contributed by atoms with Crippen LogP contribution in [-0.4, -0.2) is 37.0 Å². The summed E-state index contributed by atoms with van der Waals surface area (Å²) in [6, 6.07) is 3.92. The van der Waals surface area contributed by atoms with Crippen LogP contribution in [0.25, 0.3) is 0 Å². The van der Waals surface area contributed by atoms with Gasteiger partial charge in [0.2, 0.25) is 10.0 Å². The van der Waals surface area contributed by atoms with Gasteiger partial charge in [0.1, 0.15) is 0 Å². The fraction of sp³-hybridized carbons (Fsp3) is 0.455. The molecule has 0 amide bonds. The lowest BCUT2D eigenvalue weighted by atomic mass is 10.3. The highest BCUT2D eigenvalue weighted by Crippen LogP contribution is 2.25. The number of nitrogens with zero attached hydrogens (tertiary/aromatic N) is 1. The van der Waals surface area contributed by atoms with E-state index < -0.39 is 10.0 Å². The van der Waals surface area contributed by atoms with Gasteiger partial charge in [0, 0.05) is 12.6 Å². The topological polar surface area (TPSA) is 83.6 Å². The highest BCUT2D eigenvalue weighted by molar-refractivity contribution is 7.89. The lowest BCUT2D eigenvalue weighted by Gasteiger charge is -2.25. The number of hydrogen-bond donors (Lipinski definition) is 2. The molecule has 1 rings (SSSR count). The number of nitrogens with two attached hydrogens (primary N) is 1. The molecule has 0 saturated heterocycles. The molecule has 5 nitrogen and oxygen atoms in total. The maximum absolute atomic E-state index is 12.3. The number of aliphatic hydroxyl groups excluding tert-OH is 1. The Morgan fingerprint density at radius 1 is 1.44 bits per heavy atom. The number of sulfonamides is 1. The molecule has 0 aliphatic rings. The quantitative estimate of drug-likeness (QED) is 0.802. The SMILES string of the molecule is CC(C)N(CCO)S(=O)(=O)c1ccc(Cl)c(N)c1. The largest absolute Gasteiger partial charge is 0.397 e. The molecular weight excluding hydrogens is 276 g/mol. The molecule has 1 aromatic carbocycles. The Morgan fingerprint density at radius 2 is 2.06 bits per heavy atom. The molecule has 1 aromatic rings. The zero-order valence-corrected chi connectivity index (χ0v) is 11.9. The molecule has 0 bridgehead atoms. The number of rotatable bonds is 5. The van der Waals surface area contributed by atoms with Crippen molar-refractivity contribution in [1.29, 1.82) is 0 Å². The Balaban J connectivity index is 3.22. The maximum atomic E-state index is 12.3. The van der Waals surface area contributed by atoms with Gasteiger partial charge in [-0.3, -0.25) is 0 Å². The van der Waals surface area contributed by atoms with E-state index in [0.29, 0.717) is 5.02 Å². The summed E-state index contributed by atoms with van der Waals surface area (Å²) in [6.45, 7) is 3.29. The zero-order chi connectivity index (χ0) is 13.9. The van der Waals surface area contributed by atoms with Gasteiger partial charge < -0.3 is 10.8 Å². The molecular formula is C11H17ClN2O3S. The first kappa shape index (κ1) is 15.2. The van der Waals surface area contributed by atoms with E-state index in [1.165, 1.54) is 22.5 Å². The average Bonchev–Trinajstić information content (AvgIpc) is 2.28. The van der Waals surface area contributed by atoms with Crippen LogP contribution in [0.3, 0.4) is 0 Å². The summed E-state index contributed by atoms with van der Waals surface area (Å²) in [7, 11) is -3.67. The Hall–Kier alpha value is -0.820. The Labute approximate surface area is 112 Å². The van der Waals surface area contributed by atoms with Gasteiger partial charge >= 0.3 is 0 Å². The predicted octanol–water partition coefficient (Wildman–Crippen LogP) is 1.31. The minimum Gasteiger partial charge on any atom is -0.397 e. The van der Waals surface area contributed by atoms with Crippen LogP contribution in [0.4, 0.5) is 5.69 Å². The average molecular weight is 293 g/mol. The Morgan fingerprint density at radius 3 is 2.50 bits per heavy atom. The Kier molecular flexibility index (Phi) is 4.98. The molecule has 18 heavy (non-hydrogen) atoms. The second kappa shape index (κ2) is 5.88. The summed E-state index contributed by atoms with van der Waals surface area (Å²) >= 11 is 5.76. The van der Waals surface area contributed by atoms with Gasteiger partial charge in [0.25, 0.3) is 0 Å². The van der Waals surface area contributed by atoms with E-state index in [1.54, 1.807) is 13.8 Å². The third-order valence-electron chi connectivity index (χ3n) is 2.47. The number of nitrogen functional groups attached to an aromatic ring is 1. The third kappa shape index (κ3) is 3.14. The summed E-state index contributed by atoms with van der Waals surface area (Å²) < 4.78 is 25.9. The van der Waals surface area contributed by atoms with E-state index in [4.69, 9.17) is 22.4 Å². The van der Waals surface area contributed by atoms with Crippen LogP contribution >= 0.6 is 11.6 Å². The van der Waals surface area contributed by atoms with E-state index >= 15 is 0 Å². The van der Waals surface area contributed by atoms with Gasteiger partial charge in [-0.05, 0) is 32.0 Å². The van der Waals surface area contributed by atoms with Crippen LogP contribution in [0, 0.1) is 0 Å². The van der Waals surface area contributed by atoms with Gasteiger partial charge in [0.05, 0.1) is 22.2 Å². The van der Waals surface area contributed by atoms with Crippen LogP contribution in [-0.2, 0) is 10.0 Å². The van der Waals surface area contributed by atoms with E-state index in [-0.39, 0.29) is 29.8 Å². The van der Waals surface area contributed by atoms with Gasteiger partial charge in [-0.25, -0.2) is 8.42 Å². The number of aliphatic hydroxyl groups is 1. The second-order valence-corrected chi connectivity index (χ2v) is 6.41. The van der Waals surface area contributed by atoms with Gasteiger partial charge in [0.15, 0.2) is 0 Å². The molecule has 0 saturated carbocycles. The summed E-state index contributed by atoms with van der Waals surface area (Å²) in [4.78, 5) is 0.0755. The van der Waals surface area contributed by atoms with Crippen molar-refractivity contribution in [3.05, 3.63) is 23.2 Å². The van der Waals surface area contributed by atoms with Crippen molar-refractivity contribution in [3.63, 3.8) is 0 Å². The number of hydrogen-bond acceptors (Lipinski definition) is 4. The Bertz CT molecular complexity index is 517. The van der Waals surface area contributed by atoms with Gasteiger partial charge in [-0.2, -0.15) is 4.31 Å². The number of halogens is 1. The van der Waals surface area contributed by atoms with E-state index in [9.17, 15) is 8.42 Å². The normalized spacial score (nSPS) is 12.3. The van der Waals surface area contributed by atoms with E-state index in [0.717, 1.165) is 0 Å². The molecule has 0 fully saturated rings. The van der Waals surface area contributed by atoms with Gasteiger partial charge in [-0.15, -0.1) is 0 Å². The minimum atomic E-state index is -3.67. The van der Waals surface area contributed by atoms with Crippen LogP contribution in [0.15, 0.2) is 23.1 Å². The highest BCUT2D eigenvalue weighted by Gasteiger charge is 2.26. The smallest absolute Gasteiger partial charge is 0.243 e. The van der Waals surface area contributed by atoms with Crippen molar-refractivity contribution in [2.45, 2.75) is 24.8 Å². The summed E-state index contributed by atoms with van der Waals surface area (Å²) in [5, 5.41) is 9.25. The molecule has 0 unspecified atom stereocenters.